The number of nitrogens with one attached hydrogen (secondary N) is 1. The third kappa shape index (κ3) is 4.07. The normalized spacial score (nSPS) is 24.0. The first-order valence-electron chi connectivity index (χ1n) is 7.36. The zero-order valence-electron chi connectivity index (χ0n) is 12.2. The molecule has 1 aromatic carbocycles. The van der Waals surface area contributed by atoms with E-state index in [1.807, 2.05) is 18.2 Å². The molecule has 0 spiro atoms. The highest BCUT2D eigenvalue weighted by Gasteiger charge is 2.37. The fraction of sp³-hybridized carbons (Fsp3) is 0.625. The Morgan fingerprint density at radius 1 is 1.40 bits per heavy atom. The van der Waals surface area contributed by atoms with Crippen molar-refractivity contribution in [1.82, 2.24) is 5.32 Å². The molecule has 1 nitrogen and oxygen atoms in total. The van der Waals surface area contributed by atoms with E-state index >= 15 is 0 Å². The Bertz CT molecular complexity index is 444. The van der Waals surface area contributed by atoms with Crippen molar-refractivity contribution >= 4 is 35.0 Å². The zero-order chi connectivity index (χ0) is 14.6. The summed E-state index contributed by atoms with van der Waals surface area (Å²) in [7, 11) is 0. The molecule has 1 aliphatic rings. The van der Waals surface area contributed by atoms with Gasteiger partial charge in [-0.3, -0.25) is 0 Å². The van der Waals surface area contributed by atoms with Gasteiger partial charge in [0.2, 0.25) is 0 Å². The summed E-state index contributed by atoms with van der Waals surface area (Å²) in [5.74, 6) is 1.27. The minimum absolute atomic E-state index is 0.306. The van der Waals surface area contributed by atoms with Gasteiger partial charge in [0.1, 0.15) is 0 Å². The van der Waals surface area contributed by atoms with Crippen LogP contribution in [0.3, 0.4) is 0 Å². The topological polar surface area (TPSA) is 12.0 Å². The lowest BCUT2D eigenvalue weighted by atomic mass is 9.90. The van der Waals surface area contributed by atoms with Crippen LogP contribution in [0, 0.1) is 0 Å². The van der Waals surface area contributed by atoms with Crippen molar-refractivity contribution in [3.8, 4) is 0 Å². The van der Waals surface area contributed by atoms with Crippen molar-refractivity contribution in [2.24, 2.45) is 0 Å². The van der Waals surface area contributed by atoms with E-state index < -0.39 is 0 Å². The van der Waals surface area contributed by atoms with Crippen LogP contribution in [0.25, 0.3) is 0 Å². The average molecular weight is 332 g/mol. The number of thioether (sulfide) groups is 1. The highest BCUT2D eigenvalue weighted by atomic mass is 35.5. The van der Waals surface area contributed by atoms with Crippen LogP contribution >= 0.6 is 35.0 Å². The summed E-state index contributed by atoms with van der Waals surface area (Å²) in [5, 5.41) is 5.31. The van der Waals surface area contributed by atoms with Crippen LogP contribution in [0.15, 0.2) is 18.2 Å². The quantitative estimate of drug-likeness (QED) is 0.769. The van der Waals surface area contributed by atoms with E-state index in [1.54, 1.807) is 0 Å². The molecule has 1 N–H and O–H groups in total. The fourth-order valence-electron chi connectivity index (χ4n) is 2.82. The number of benzene rings is 1. The summed E-state index contributed by atoms with van der Waals surface area (Å²) in [5.41, 5.74) is 1.15. The number of hydrogen-bond donors (Lipinski definition) is 1. The summed E-state index contributed by atoms with van der Waals surface area (Å²) in [4.78, 5) is 0. The average Bonchev–Trinajstić information content (AvgIpc) is 2.86. The van der Waals surface area contributed by atoms with E-state index in [0.29, 0.717) is 10.8 Å². The standard InChI is InChI=1S/C16H23Cl2NS/c1-3-8-19-15(16(2)7-4-9-20-16)11-12-10-13(17)5-6-14(12)18/h5-6,10,15,19H,3-4,7-9,11H2,1-2H3. The third-order valence-corrected chi connectivity index (χ3v) is 6.30. The second-order valence-electron chi connectivity index (χ2n) is 5.71. The molecule has 2 unspecified atom stereocenters. The molecule has 0 aromatic heterocycles. The Hall–Kier alpha value is 0.110. The molecule has 4 heteroatoms. The van der Waals surface area contributed by atoms with E-state index in [4.69, 9.17) is 23.2 Å². The maximum Gasteiger partial charge on any atom is 0.0439 e. The van der Waals surface area contributed by atoms with Gasteiger partial charge in [0.15, 0.2) is 0 Å². The molecule has 0 aliphatic carbocycles. The molecule has 0 bridgehead atoms. The van der Waals surface area contributed by atoms with Crippen molar-refractivity contribution in [3.05, 3.63) is 33.8 Å². The molecule has 2 atom stereocenters. The summed E-state index contributed by atoms with van der Waals surface area (Å²) in [6, 6.07) is 6.22. The van der Waals surface area contributed by atoms with Gasteiger partial charge in [-0.25, -0.2) is 0 Å². The Balaban J connectivity index is 2.16. The third-order valence-electron chi connectivity index (χ3n) is 4.06. The number of hydrogen-bond acceptors (Lipinski definition) is 2. The van der Waals surface area contributed by atoms with Gasteiger partial charge in [-0.2, -0.15) is 11.8 Å². The van der Waals surface area contributed by atoms with Gasteiger partial charge in [-0.05, 0) is 68.7 Å². The van der Waals surface area contributed by atoms with E-state index in [1.165, 1.54) is 18.6 Å². The van der Waals surface area contributed by atoms with Gasteiger partial charge in [-0.1, -0.05) is 30.1 Å². The van der Waals surface area contributed by atoms with Gasteiger partial charge in [0.25, 0.3) is 0 Å². The Labute approximate surface area is 136 Å². The van der Waals surface area contributed by atoms with Crippen LogP contribution in [-0.2, 0) is 6.42 Å². The van der Waals surface area contributed by atoms with Crippen molar-refractivity contribution < 1.29 is 0 Å². The number of halogens is 2. The van der Waals surface area contributed by atoms with E-state index in [9.17, 15) is 0 Å². The molecule has 112 valence electrons. The molecule has 2 rings (SSSR count). The van der Waals surface area contributed by atoms with Gasteiger partial charge in [0, 0.05) is 20.8 Å². The summed E-state index contributed by atoms with van der Waals surface area (Å²) < 4.78 is 0.306. The molecular formula is C16H23Cl2NS. The Morgan fingerprint density at radius 3 is 2.85 bits per heavy atom. The maximum absolute atomic E-state index is 6.33. The van der Waals surface area contributed by atoms with Crippen LogP contribution in [-0.4, -0.2) is 23.1 Å². The highest BCUT2D eigenvalue weighted by molar-refractivity contribution is 8.00. The van der Waals surface area contributed by atoms with Crippen molar-refractivity contribution in [2.75, 3.05) is 12.3 Å². The van der Waals surface area contributed by atoms with Gasteiger partial charge in [0.05, 0.1) is 0 Å². The molecule has 1 aliphatic heterocycles. The summed E-state index contributed by atoms with van der Waals surface area (Å²) in [6.07, 6.45) is 4.69. The fourth-order valence-corrected chi connectivity index (χ4v) is 4.62. The maximum atomic E-state index is 6.33. The summed E-state index contributed by atoms with van der Waals surface area (Å²) in [6.45, 7) is 5.65. The largest absolute Gasteiger partial charge is 0.312 e. The van der Waals surface area contributed by atoms with Crippen LogP contribution in [0.1, 0.15) is 38.7 Å². The van der Waals surface area contributed by atoms with Gasteiger partial charge < -0.3 is 5.32 Å². The van der Waals surface area contributed by atoms with E-state index in [0.717, 1.165) is 35.0 Å². The second-order valence-corrected chi connectivity index (χ2v) is 8.18. The first-order valence-corrected chi connectivity index (χ1v) is 9.10. The van der Waals surface area contributed by atoms with Crippen LogP contribution in [0.2, 0.25) is 10.0 Å². The molecule has 0 saturated carbocycles. The molecular weight excluding hydrogens is 309 g/mol. The smallest absolute Gasteiger partial charge is 0.0439 e. The van der Waals surface area contributed by atoms with Crippen LogP contribution < -0.4 is 5.32 Å². The predicted octanol–water partition coefficient (Wildman–Crippen LogP) is 5.19. The molecule has 1 aromatic rings. The van der Waals surface area contributed by atoms with Crippen molar-refractivity contribution in [1.29, 1.82) is 0 Å². The molecule has 1 saturated heterocycles. The molecule has 0 radical (unpaired) electrons. The van der Waals surface area contributed by atoms with E-state index in [2.05, 4.69) is 30.9 Å². The minimum Gasteiger partial charge on any atom is -0.312 e. The molecule has 20 heavy (non-hydrogen) atoms. The van der Waals surface area contributed by atoms with E-state index in [-0.39, 0.29) is 0 Å². The first kappa shape index (κ1) is 16.5. The number of rotatable bonds is 6. The monoisotopic (exact) mass is 331 g/mol. The molecule has 1 fully saturated rings. The van der Waals surface area contributed by atoms with Crippen molar-refractivity contribution in [2.45, 2.75) is 50.3 Å². The van der Waals surface area contributed by atoms with Crippen LogP contribution in [0.5, 0.6) is 0 Å². The summed E-state index contributed by atoms with van der Waals surface area (Å²) >= 11 is 14.5. The SMILES string of the molecule is CCCNC(Cc1cc(Cl)ccc1Cl)C1(C)CCCS1. The Morgan fingerprint density at radius 2 is 2.20 bits per heavy atom. The van der Waals surface area contributed by atoms with Crippen LogP contribution in [0.4, 0.5) is 0 Å². The Kier molecular flexibility index (Phi) is 6.09. The second kappa shape index (κ2) is 7.40. The van der Waals surface area contributed by atoms with Crippen molar-refractivity contribution in [3.63, 3.8) is 0 Å². The molecule has 1 heterocycles. The first-order chi connectivity index (χ1) is 9.55. The predicted molar refractivity (Wildman–Crippen MR) is 92.3 cm³/mol. The zero-order valence-corrected chi connectivity index (χ0v) is 14.5. The highest BCUT2D eigenvalue weighted by Crippen LogP contribution is 2.42. The minimum atomic E-state index is 0.306. The van der Waals surface area contributed by atoms with Gasteiger partial charge >= 0.3 is 0 Å². The lowest BCUT2D eigenvalue weighted by Crippen LogP contribution is -2.47. The van der Waals surface area contributed by atoms with Gasteiger partial charge in [-0.15, -0.1) is 0 Å². The molecule has 0 amide bonds. The lowest BCUT2D eigenvalue weighted by molar-refractivity contribution is 0.399. The lowest BCUT2D eigenvalue weighted by Gasteiger charge is -2.34.